The van der Waals surface area contributed by atoms with Gasteiger partial charge in [0, 0.05) is 23.6 Å². The van der Waals surface area contributed by atoms with E-state index in [0.29, 0.717) is 17.4 Å². The predicted molar refractivity (Wildman–Crippen MR) is 95.3 cm³/mol. The van der Waals surface area contributed by atoms with Gasteiger partial charge in [0.25, 0.3) is 5.91 Å². The van der Waals surface area contributed by atoms with E-state index >= 15 is 0 Å². The third-order valence-electron chi connectivity index (χ3n) is 4.80. The number of H-pyrrole nitrogens is 1. The van der Waals surface area contributed by atoms with Gasteiger partial charge in [-0.15, -0.1) is 0 Å². The van der Waals surface area contributed by atoms with Crippen LogP contribution in [-0.4, -0.2) is 35.4 Å². The Hall–Kier alpha value is -2.67. The highest BCUT2D eigenvalue weighted by Crippen LogP contribution is 2.28. The molecule has 3 rings (SSSR count). The van der Waals surface area contributed by atoms with Crippen molar-refractivity contribution in [3.63, 3.8) is 0 Å². The third-order valence-corrected chi connectivity index (χ3v) is 4.80. The highest BCUT2D eigenvalue weighted by atomic mass is 16.2. The number of aromatic amines is 1. The molecule has 0 aliphatic heterocycles. The zero-order chi connectivity index (χ0) is 17.9. The van der Waals surface area contributed by atoms with E-state index in [2.05, 4.69) is 15.6 Å². The van der Waals surface area contributed by atoms with Crippen molar-refractivity contribution in [2.24, 2.45) is 5.73 Å². The first kappa shape index (κ1) is 17.2. The molecule has 2 amide bonds. The van der Waals surface area contributed by atoms with Crippen LogP contribution in [0.3, 0.4) is 0 Å². The van der Waals surface area contributed by atoms with Crippen molar-refractivity contribution in [1.29, 1.82) is 0 Å². The fourth-order valence-electron chi connectivity index (χ4n) is 3.36. The Morgan fingerprint density at radius 1 is 1.20 bits per heavy atom. The minimum atomic E-state index is -0.574. The standard InChI is InChI=1S/C18H22N4O3/c19-11-18(7-3-4-8-18)22-15(23)10-21-17(25)13-9-20-14-6-2-1-5-12(14)16(13)24/h1-2,5-6,9H,3-4,7-8,10-11,19H2,(H,20,24)(H,21,25)(H,22,23). The molecule has 7 heteroatoms. The number of nitrogens with one attached hydrogen (secondary N) is 3. The second kappa shape index (κ2) is 7.06. The van der Waals surface area contributed by atoms with Crippen LogP contribution in [0.25, 0.3) is 10.9 Å². The molecule has 0 radical (unpaired) electrons. The van der Waals surface area contributed by atoms with Gasteiger partial charge in [-0.3, -0.25) is 14.4 Å². The maximum Gasteiger partial charge on any atom is 0.257 e. The maximum absolute atomic E-state index is 12.4. The van der Waals surface area contributed by atoms with Crippen LogP contribution >= 0.6 is 0 Å². The smallest absolute Gasteiger partial charge is 0.257 e. The molecule has 1 saturated carbocycles. The first-order chi connectivity index (χ1) is 12.0. The number of aromatic nitrogens is 1. The summed E-state index contributed by atoms with van der Waals surface area (Å²) in [6.45, 7) is 0.198. The monoisotopic (exact) mass is 342 g/mol. The average Bonchev–Trinajstić information content (AvgIpc) is 3.09. The highest BCUT2D eigenvalue weighted by molar-refractivity contribution is 5.98. The number of carbonyl (C=O) groups is 2. The van der Waals surface area contributed by atoms with Gasteiger partial charge in [0.15, 0.2) is 0 Å². The van der Waals surface area contributed by atoms with Gasteiger partial charge < -0.3 is 21.4 Å². The van der Waals surface area contributed by atoms with Crippen LogP contribution in [0.5, 0.6) is 0 Å². The summed E-state index contributed by atoms with van der Waals surface area (Å²) in [5, 5.41) is 5.87. The molecular weight excluding hydrogens is 320 g/mol. The van der Waals surface area contributed by atoms with Crippen LogP contribution in [0.1, 0.15) is 36.0 Å². The summed E-state index contributed by atoms with van der Waals surface area (Å²) in [5.74, 6) is -0.867. The summed E-state index contributed by atoms with van der Waals surface area (Å²) in [4.78, 5) is 39.7. The van der Waals surface area contributed by atoms with Crippen LogP contribution in [0.15, 0.2) is 35.3 Å². The van der Waals surface area contributed by atoms with Gasteiger partial charge in [-0.05, 0) is 25.0 Å². The molecule has 7 nitrogen and oxygen atoms in total. The molecule has 132 valence electrons. The van der Waals surface area contributed by atoms with Crippen molar-refractivity contribution >= 4 is 22.7 Å². The quantitative estimate of drug-likeness (QED) is 0.638. The number of rotatable bonds is 5. The Bertz CT molecular complexity index is 853. The van der Waals surface area contributed by atoms with Gasteiger partial charge in [0.05, 0.1) is 12.1 Å². The molecular formula is C18H22N4O3. The summed E-state index contributed by atoms with van der Waals surface area (Å²) in [6.07, 6.45) is 5.16. The number of hydrogen-bond donors (Lipinski definition) is 4. The lowest BCUT2D eigenvalue weighted by atomic mass is 9.98. The zero-order valence-corrected chi connectivity index (χ0v) is 13.9. The van der Waals surface area contributed by atoms with E-state index < -0.39 is 5.91 Å². The summed E-state index contributed by atoms with van der Waals surface area (Å²) in [6, 6.07) is 6.96. The molecule has 1 heterocycles. The van der Waals surface area contributed by atoms with E-state index in [9.17, 15) is 14.4 Å². The van der Waals surface area contributed by atoms with Gasteiger partial charge in [-0.2, -0.15) is 0 Å². The lowest BCUT2D eigenvalue weighted by molar-refractivity contribution is -0.121. The molecule has 25 heavy (non-hydrogen) atoms. The van der Waals surface area contributed by atoms with Crippen LogP contribution in [-0.2, 0) is 4.79 Å². The molecule has 1 aromatic carbocycles. The van der Waals surface area contributed by atoms with E-state index in [1.54, 1.807) is 24.3 Å². The topological polar surface area (TPSA) is 117 Å². The van der Waals surface area contributed by atoms with Crippen molar-refractivity contribution in [2.45, 2.75) is 31.2 Å². The van der Waals surface area contributed by atoms with E-state index in [4.69, 9.17) is 5.73 Å². The van der Waals surface area contributed by atoms with Crippen molar-refractivity contribution in [2.75, 3.05) is 13.1 Å². The Labute approximate surface area is 145 Å². The maximum atomic E-state index is 12.4. The van der Waals surface area contributed by atoms with Gasteiger partial charge in [-0.25, -0.2) is 0 Å². The molecule has 2 aromatic rings. The molecule has 5 N–H and O–H groups in total. The molecule has 0 saturated heterocycles. The molecule has 1 fully saturated rings. The van der Waals surface area contributed by atoms with Gasteiger partial charge >= 0.3 is 0 Å². The number of fused-ring (bicyclic) bond motifs is 1. The van der Waals surface area contributed by atoms with Crippen molar-refractivity contribution in [1.82, 2.24) is 15.6 Å². The zero-order valence-electron chi connectivity index (χ0n) is 13.9. The molecule has 1 aliphatic rings. The molecule has 0 spiro atoms. The Balaban J connectivity index is 1.66. The number of amides is 2. The lowest BCUT2D eigenvalue weighted by Crippen LogP contribution is -2.54. The van der Waals surface area contributed by atoms with Crippen LogP contribution in [0, 0.1) is 0 Å². The van der Waals surface area contributed by atoms with E-state index in [1.165, 1.54) is 6.20 Å². The first-order valence-corrected chi connectivity index (χ1v) is 8.44. The SMILES string of the molecule is NCC1(NC(=O)CNC(=O)c2c[nH]c3ccccc3c2=O)CCCC1. The molecule has 1 aromatic heterocycles. The van der Waals surface area contributed by atoms with Crippen molar-refractivity contribution < 1.29 is 9.59 Å². The second-order valence-corrected chi connectivity index (χ2v) is 6.50. The number of para-hydroxylation sites is 1. The van der Waals surface area contributed by atoms with Gasteiger partial charge in [-0.1, -0.05) is 25.0 Å². The Kier molecular flexibility index (Phi) is 4.85. The Morgan fingerprint density at radius 3 is 2.64 bits per heavy atom. The molecule has 0 atom stereocenters. The number of carbonyl (C=O) groups excluding carboxylic acids is 2. The average molecular weight is 342 g/mol. The van der Waals surface area contributed by atoms with Crippen LogP contribution in [0.4, 0.5) is 0 Å². The first-order valence-electron chi connectivity index (χ1n) is 8.44. The van der Waals surface area contributed by atoms with E-state index in [0.717, 1.165) is 25.7 Å². The summed E-state index contributed by atoms with van der Waals surface area (Å²) in [7, 11) is 0. The highest BCUT2D eigenvalue weighted by Gasteiger charge is 2.33. The van der Waals surface area contributed by atoms with Gasteiger partial charge in [0.1, 0.15) is 5.56 Å². The minimum absolute atomic E-state index is 0.0131. The predicted octanol–water partition coefficient (Wildman–Crippen LogP) is 0.646. The lowest BCUT2D eigenvalue weighted by Gasteiger charge is -2.28. The molecule has 0 unspecified atom stereocenters. The van der Waals surface area contributed by atoms with Gasteiger partial charge in [0.2, 0.25) is 11.3 Å². The van der Waals surface area contributed by atoms with E-state index in [-0.39, 0.29) is 29.0 Å². The van der Waals surface area contributed by atoms with Crippen LogP contribution in [0.2, 0.25) is 0 Å². The largest absolute Gasteiger partial charge is 0.360 e. The fraction of sp³-hybridized carbons (Fsp3) is 0.389. The number of nitrogens with two attached hydrogens (primary N) is 1. The van der Waals surface area contributed by atoms with Crippen LogP contribution < -0.4 is 21.8 Å². The normalized spacial score (nSPS) is 15.9. The number of benzene rings is 1. The number of pyridine rings is 1. The van der Waals surface area contributed by atoms with Crippen molar-refractivity contribution in [3.8, 4) is 0 Å². The second-order valence-electron chi connectivity index (χ2n) is 6.50. The third kappa shape index (κ3) is 3.56. The van der Waals surface area contributed by atoms with E-state index in [1.807, 2.05) is 0 Å². The molecule has 0 bridgehead atoms. The summed E-state index contributed by atoms with van der Waals surface area (Å²) >= 11 is 0. The summed E-state index contributed by atoms with van der Waals surface area (Å²) < 4.78 is 0. The summed E-state index contributed by atoms with van der Waals surface area (Å²) in [5.41, 5.74) is 5.72. The fourth-order valence-corrected chi connectivity index (χ4v) is 3.36. The minimum Gasteiger partial charge on any atom is -0.360 e. The molecule has 1 aliphatic carbocycles. The van der Waals surface area contributed by atoms with Crippen molar-refractivity contribution in [3.05, 3.63) is 46.2 Å². The number of hydrogen-bond acceptors (Lipinski definition) is 4. The Morgan fingerprint density at radius 2 is 1.92 bits per heavy atom.